The van der Waals surface area contributed by atoms with Crippen molar-refractivity contribution in [2.75, 3.05) is 138 Å². The van der Waals surface area contributed by atoms with Crippen molar-refractivity contribution in [3.63, 3.8) is 0 Å². The lowest BCUT2D eigenvalue weighted by atomic mass is 9.87. The largest absolute Gasteiger partial charge is 0.390 e. The van der Waals surface area contributed by atoms with Crippen LogP contribution >= 0.6 is 41.3 Å². The molecule has 35 nitrogen and oxygen atoms in total. The van der Waals surface area contributed by atoms with Crippen molar-refractivity contribution < 1.29 is 112 Å². The van der Waals surface area contributed by atoms with Crippen LogP contribution in [-0.4, -0.2) is 391 Å². The zero-order chi connectivity index (χ0) is 98.3. The summed E-state index contributed by atoms with van der Waals surface area (Å²) in [5.41, 5.74) is 3.69. The van der Waals surface area contributed by atoms with Gasteiger partial charge >= 0.3 is 36.2 Å². The number of aliphatic hydroxyl groups excluding tert-OH is 7. The molecule has 13 rings (SSSR count). The van der Waals surface area contributed by atoms with E-state index in [4.69, 9.17) is 42.6 Å². The lowest BCUT2D eigenvalue weighted by Crippen LogP contribution is -2.49. The maximum Gasteiger partial charge on any atom is 0.323 e. The number of hydrogen-bond donors (Lipinski definition) is 20. The molecule has 0 aromatic carbocycles. The highest BCUT2D eigenvalue weighted by molar-refractivity contribution is 7.73. The Morgan fingerprint density at radius 1 is 0.374 bits per heavy atom. The Labute approximate surface area is 773 Å². The van der Waals surface area contributed by atoms with Gasteiger partial charge in [0.15, 0.2) is 0 Å². The zero-order valence-corrected chi connectivity index (χ0v) is 84.5. The summed E-state index contributed by atoms with van der Waals surface area (Å²) in [6.07, 6.45) is 32.7. The van der Waals surface area contributed by atoms with Gasteiger partial charge in [-0.2, -0.15) is 0 Å². The van der Waals surface area contributed by atoms with Crippen LogP contribution in [-0.2, 0) is 42.6 Å². The van der Waals surface area contributed by atoms with Gasteiger partial charge in [0.1, 0.15) is 96.7 Å². The number of fused-ring (bicyclic) bond motifs is 2. The number of aliphatic hydroxyl groups is 8. The van der Waals surface area contributed by atoms with Crippen molar-refractivity contribution in [3.05, 3.63) is 144 Å². The van der Waals surface area contributed by atoms with Crippen LogP contribution in [0.15, 0.2) is 144 Å². The zero-order valence-electron chi connectivity index (χ0n) is 79.2. The summed E-state index contributed by atoms with van der Waals surface area (Å²) < 4.78 is 52.8. The molecule has 131 heavy (non-hydrogen) atoms. The van der Waals surface area contributed by atoms with Gasteiger partial charge in [-0.05, 0) is 169 Å². The van der Waals surface area contributed by atoms with E-state index in [0.717, 1.165) is 68.2 Å². The second-order valence-corrected chi connectivity index (χ2v) is 65.9. The van der Waals surface area contributed by atoms with E-state index in [1.54, 1.807) is 45.9 Å². The fraction of sp³-hybridized carbons (Fsp3) is 0.600. The van der Waals surface area contributed by atoms with Crippen molar-refractivity contribution in [3.8, 4) is 0 Å². The topological polar surface area (TPSA) is 492 Å². The van der Waals surface area contributed by atoms with Crippen LogP contribution in [0.5, 0.6) is 0 Å². The maximum atomic E-state index is 11.3. The highest BCUT2D eigenvalue weighted by Crippen LogP contribution is 2.51. The van der Waals surface area contributed by atoms with E-state index < -0.39 is 156 Å². The predicted octanol–water partition coefficient (Wildman–Crippen LogP) is 5.48. The molecule has 0 aromatic heterocycles. The van der Waals surface area contributed by atoms with E-state index in [-0.39, 0.29) is 66.5 Å². The molecule has 2 bridgehead atoms. The number of rotatable bonds is 26. The van der Waals surface area contributed by atoms with E-state index in [1.165, 1.54) is 19.3 Å². The molecule has 20 N–H and O–H groups in total. The summed E-state index contributed by atoms with van der Waals surface area (Å²) in [6, 6.07) is -2.05. The quantitative estimate of drug-likeness (QED) is 0.0476. The van der Waals surface area contributed by atoms with Gasteiger partial charge in [0.05, 0.1) is 48.8 Å². The van der Waals surface area contributed by atoms with E-state index >= 15 is 0 Å². The number of amides is 12. The molecule has 12 amide bonds. The first kappa shape index (κ1) is 110. The van der Waals surface area contributed by atoms with Crippen LogP contribution in [0.2, 0.25) is 0 Å². The van der Waals surface area contributed by atoms with Crippen LogP contribution < -0.4 is 63.8 Å². The summed E-state index contributed by atoms with van der Waals surface area (Å²) in [6.45, 7) is 47.2. The highest BCUT2D eigenvalue weighted by Gasteiger charge is 2.62. The van der Waals surface area contributed by atoms with Crippen LogP contribution in [0, 0.1) is 5.92 Å². The lowest BCUT2D eigenvalue weighted by molar-refractivity contribution is -0.132. The van der Waals surface area contributed by atoms with Crippen LogP contribution in [0.3, 0.4) is 0 Å². The molecular formula is C90H148N12O23P6. The van der Waals surface area contributed by atoms with E-state index in [9.17, 15) is 69.6 Å². The van der Waals surface area contributed by atoms with Gasteiger partial charge in [-0.15, -0.1) is 79.1 Å². The third kappa shape index (κ3) is 29.3. The average molecular weight is 1950 g/mol. The van der Waals surface area contributed by atoms with Crippen molar-refractivity contribution in [1.29, 1.82) is 0 Å². The van der Waals surface area contributed by atoms with Gasteiger partial charge in [0, 0.05) is 125 Å². The van der Waals surface area contributed by atoms with Gasteiger partial charge in [0.2, 0.25) is 0 Å². The fourth-order valence-corrected chi connectivity index (χ4v) is 22.5. The molecule has 7 fully saturated rings. The standard InChI is InChI=1S/C15H23N2O4P.4C15H25N2O4P.C15H25N2O3P/c1-9-10(7-16-14(19)17-9)11-12-13(18)15(21-11,8-20-12)5-6-22(2,3)4;1-9-10(8-16-14(20)17-9)12-11(18)13(19)15(2,21-12)6-7-22(3,4)5;1-9-10(8-16-14(19)17-9)13-15(2,20)12(18)11(21-13)6-7-22(3,4)5;2*1-9-10(8-16-15(19)17-9)13-14(20-2)12(18)11(21-13)6-7-22(3,4)5;1-9-13(18)12(6-7-21(3,4)5)20-14(9)11-8-16-15(19)17-10(11)2/h7,11-13,18H,1-2,5-6,8H2,3-4H3,(H2,16,17,19);8,11-13,18-19H,1,3,6-7H2,2,4-5H3,(H2,16,17,20);8,11-13,18,20H,1,3,6-7H2,2,4-5H3,(H2,16,17,19);2*8,11-14,18H,1,3,6-7H2,2,4-5H3,(H2,16,17,19);8-9,12-14,18H,2-3,6-7H2,1,4-5H3,(H2,16,17,19)/t11-,12-,13-,15-;11-,12-,13-,15+;11-,12-,13+,15-;2*11-,12-,13+,14-;9-,12-,13+,14-/m001111/s1. The first-order valence-electron chi connectivity index (χ1n) is 43.4. The Morgan fingerprint density at radius 2 is 0.672 bits per heavy atom. The SMILES string of the molecule is C=C1NC(=O)NC=C1[C@@H]1O[C@@]2(CCP(=C)(C)C)CO[C@@H]1[C@@H]2O.C=C1NC(=O)NC=C1[C@@H]1O[C@H](CCP(=C)(C)C)[C@@H](O)[C@@]1(C)O.C=C1NC(=O)NC=C1[C@@H]1O[C@H](CCP(=C)(C)C)[C@@H](O)[C@H]1C.C=C1NC(=O)NC=C1[C@@H]1O[C@H](CCP(=C)(C)C)[C@@H](O)[C@H]1OC.C=C1NC(=O)NC=C1[C@@H]1O[C@H](CCP(=C)(C)C)[C@@H](O)[C@H]1OC.C=C1NC(=O)NC=C1[C@@H]1O[C@](C)(CCP(=C)(C)C)[C@@H](O)[C@H]1O. The van der Waals surface area contributed by atoms with E-state index in [1.807, 2.05) is 6.92 Å². The minimum absolute atomic E-state index is 0.0407. The summed E-state index contributed by atoms with van der Waals surface area (Å²) in [5, 5.41) is 115. The number of urea groups is 6. The molecule has 13 aliphatic rings. The molecule has 0 aliphatic carbocycles. The number of hydrogen-bond acceptors (Lipinski definition) is 23. The Bertz CT molecular complexity index is 4620. The number of carbonyl (C=O) groups is 6. The molecule has 7 saturated heterocycles. The van der Waals surface area contributed by atoms with Crippen molar-refractivity contribution in [2.45, 2.75) is 198 Å². The normalized spacial score (nSPS) is 34.6. The molecule has 0 aromatic rings. The van der Waals surface area contributed by atoms with Gasteiger partial charge in [-0.3, -0.25) is 0 Å². The summed E-state index contributed by atoms with van der Waals surface area (Å²) in [5.74, 6) is -0.0407. The Kier molecular flexibility index (Phi) is 37.3. The van der Waals surface area contributed by atoms with Crippen molar-refractivity contribution in [2.24, 2.45) is 5.92 Å². The molecule has 24 atom stereocenters. The second-order valence-electron chi connectivity index (χ2n) is 40.0. The fourth-order valence-electron chi connectivity index (χ4n) is 16.6. The monoisotopic (exact) mass is 1950 g/mol. The Morgan fingerprint density at radius 3 is 1.01 bits per heavy atom. The predicted molar refractivity (Wildman–Crippen MR) is 534 cm³/mol. The molecule has 13 aliphatic heterocycles. The van der Waals surface area contributed by atoms with Gasteiger partial charge in [0.25, 0.3) is 0 Å². The Hall–Kier alpha value is -6.38. The molecule has 0 radical (unpaired) electrons. The van der Waals surface area contributed by atoms with Crippen LogP contribution in [0.1, 0.15) is 59.3 Å². The molecule has 41 heteroatoms. The number of carbonyl (C=O) groups excluding carboxylic acids is 6. The lowest BCUT2D eigenvalue weighted by Gasteiger charge is -2.34. The molecule has 0 spiro atoms. The second kappa shape index (κ2) is 44.4. The molecule has 0 unspecified atom stereocenters. The molecule has 13 heterocycles. The smallest absolute Gasteiger partial charge is 0.323 e. The number of ether oxygens (including phenoxy) is 9. The third-order valence-corrected chi connectivity index (χ3v) is 33.2. The maximum absolute atomic E-state index is 11.3. The minimum Gasteiger partial charge on any atom is -0.390 e. The van der Waals surface area contributed by atoms with E-state index in [0.29, 0.717) is 81.5 Å². The first-order chi connectivity index (χ1) is 60.4. The van der Waals surface area contributed by atoms with Gasteiger partial charge < -0.3 is 147 Å². The van der Waals surface area contributed by atoms with Crippen molar-refractivity contribution in [1.82, 2.24) is 63.8 Å². The number of methoxy groups -OCH3 is 2. The first-order valence-corrected chi connectivity index (χ1v) is 61.7. The Balaban J connectivity index is 0.000000194. The van der Waals surface area contributed by atoms with Crippen LogP contribution in [0.4, 0.5) is 28.8 Å². The molecule has 736 valence electrons. The van der Waals surface area contributed by atoms with Gasteiger partial charge in [-0.25, -0.2) is 28.8 Å². The third-order valence-electron chi connectivity index (χ3n) is 24.5. The summed E-state index contributed by atoms with van der Waals surface area (Å²) in [7, 11) is 3.09. The molecule has 0 saturated carbocycles. The number of nitrogens with one attached hydrogen (secondary N) is 12. The summed E-state index contributed by atoms with van der Waals surface area (Å²) >= 11 is 0. The molecular weight excluding hydrogens is 1800 g/mol. The van der Waals surface area contributed by atoms with E-state index in [2.05, 4.69) is 221 Å². The van der Waals surface area contributed by atoms with Crippen LogP contribution in [0.25, 0.3) is 0 Å². The average Bonchev–Trinajstić information content (AvgIpc) is 1.57. The highest BCUT2D eigenvalue weighted by atomic mass is 31.2. The van der Waals surface area contributed by atoms with Gasteiger partial charge in [-0.1, -0.05) is 46.4 Å². The van der Waals surface area contributed by atoms with Crippen molar-refractivity contribution >= 4 is 115 Å². The summed E-state index contributed by atoms with van der Waals surface area (Å²) in [4.78, 5) is 67.6. The minimum atomic E-state index is -1.45.